The fourth-order valence-electron chi connectivity index (χ4n) is 2.13. The third-order valence-electron chi connectivity index (χ3n) is 3.02. The molecule has 0 saturated heterocycles. The normalized spacial score (nSPS) is 16.8. The van der Waals surface area contributed by atoms with Gasteiger partial charge in [0.05, 0.1) is 0 Å². The first kappa shape index (κ1) is 13.6. The quantitative estimate of drug-likeness (QED) is 0.762. The van der Waals surface area contributed by atoms with Gasteiger partial charge in [0.15, 0.2) is 0 Å². The number of halogens is 3. The van der Waals surface area contributed by atoms with Crippen molar-refractivity contribution in [3.8, 4) is 0 Å². The maximum atomic E-state index is 12.6. The van der Waals surface area contributed by atoms with Crippen LogP contribution in [0.1, 0.15) is 24.8 Å². The maximum absolute atomic E-state index is 12.6. The Morgan fingerprint density at radius 2 is 1.79 bits per heavy atom. The van der Waals surface area contributed by atoms with Crippen molar-refractivity contribution < 1.29 is 18.0 Å². The highest BCUT2D eigenvalue weighted by molar-refractivity contribution is 5.90. The lowest BCUT2D eigenvalue weighted by Crippen LogP contribution is -2.40. The van der Waals surface area contributed by atoms with Crippen molar-refractivity contribution in [2.24, 2.45) is 0 Å². The first-order chi connectivity index (χ1) is 9.00. The SMILES string of the molecule is O=C(N1CCCCC=C1c1ccccc1)C(F)(F)F. The summed E-state index contributed by atoms with van der Waals surface area (Å²) in [6.07, 6.45) is -1.07. The molecule has 1 aromatic carbocycles. The number of rotatable bonds is 1. The zero-order valence-corrected chi connectivity index (χ0v) is 10.3. The third-order valence-corrected chi connectivity index (χ3v) is 3.02. The lowest BCUT2D eigenvalue weighted by atomic mass is 10.1. The van der Waals surface area contributed by atoms with Crippen molar-refractivity contribution >= 4 is 11.6 Å². The molecule has 0 N–H and O–H groups in total. The molecule has 19 heavy (non-hydrogen) atoms. The number of alkyl halides is 3. The molecular weight excluding hydrogens is 255 g/mol. The summed E-state index contributed by atoms with van der Waals surface area (Å²) >= 11 is 0. The van der Waals surface area contributed by atoms with Crippen LogP contribution in [0.15, 0.2) is 36.4 Å². The lowest BCUT2D eigenvalue weighted by molar-refractivity contribution is -0.181. The van der Waals surface area contributed by atoms with Gasteiger partial charge in [0.1, 0.15) is 0 Å². The number of carbonyl (C=O) groups is 1. The van der Waals surface area contributed by atoms with E-state index in [1.165, 1.54) is 0 Å². The van der Waals surface area contributed by atoms with Gasteiger partial charge in [-0.25, -0.2) is 0 Å². The van der Waals surface area contributed by atoms with Crippen molar-refractivity contribution in [3.05, 3.63) is 42.0 Å². The Balaban J connectivity index is 2.36. The Morgan fingerprint density at radius 1 is 1.11 bits per heavy atom. The molecule has 0 aliphatic carbocycles. The minimum Gasteiger partial charge on any atom is -0.304 e. The van der Waals surface area contributed by atoms with Crippen LogP contribution >= 0.6 is 0 Å². The molecule has 5 heteroatoms. The zero-order chi connectivity index (χ0) is 13.9. The Kier molecular flexibility index (Phi) is 3.93. The number of nitrogens with zero attached hydrogens (tertiary/aromatic N) is 1. The summed E-state index contributed by atoms with van der Waals surface area (Å²) in [6.45, 7) is 0.110. The van der Waals surface area contributed by atoms with Crippen LogP contribution in [0.3, 0.4) is 0 Å². The summed E-state index contributed by atoms with van der Waals surface area (Å²) in [5.41, 5.74) is 1.00. The predicted molar refractivity (Wildman–Crippen MR) is 66.0 cm³/mol. The molecule has 0 bridgehead atoms. The third kappa shape index (κ3) is 3.16. The fourth-order valence-corrected chi connectivity index (χ4v) is 2.13. The summed E-state index contributed by atoms with van der Waals surface area (Å²) in [6, 6.07) is 8.72. The molecule has 102 valence electrons. The van der Waals surface area contributed by atoms with Crippen LogP contribution in [-0.2, 0) is 4.79 Å². The molecule has 0 fully saturated rings. The number of amides is 1. The highest BCUT2D eigenvalue weighted by Gasteiger charge is 2.43. The van der Waals surface area contributed by atoms with Crippen LogP contribution in [0.25, 0.3) is 5.70 Å². The smallest absolute Gasteiger partial charge is 0.304 e. The van der Waals surface area contributed by atoms with Crippen molar-refractivity contribution in [1.82, 2.24) is 4.90 Å². The molecular formula is C14H14F3NO. The lowest BCUT2D eigenvalue weighted by Gasteiger charge is -2.25. The van der Waals surface area contributed by atoms with E-state index in [0.717, 1.165) is 11.3 Å². The van der Waals surface area contributed by atoms with Crippen LogP contribution < -0.4 is 0 Å². The van der Waals surface area contributed by atoms with Gasteiger partial charge in [-0.3, -0.25) is 4.79 Å². The van der Waals surface area contributed by atoms with Gasteiger partial charge in [-0.1, -0.05) is 36.4 Å². The molecule has 0 unspecified atom stereocenters. The summed E-state index contributed by atoms with van der Waals surface area (Å²) in [5, 5.41) is 0. The van der Waals surface area contributed by atoms with Gasteiger partial charge in [0.2, 0.25) is 0 Å². The van der Waals surface area contributed by atoms with Crippen molar-refractivity contribution in [1.29, 1.82) is 0 Å². The van der Waals surface area contributed by atoms with Crippen LogP contribution in [0.2, 0.25) is 0 Å². The monoisotopic (exact) mass is 269 g/mol. The van der Waals surface area contributed by atoms with Gasteiger partial charge in [-0.15, -0.1) is 0 Å². The largest absolute Gasteiger partial charge is 0.471 e. The fraction of sp³-hybridized carbons (Fsp3) is 0.357. The van der Waals surface area contributed by atoms with E-state index in [0.29, 0.717) is 24.1 Å². The van der Waals surface area contributed by atoms with E-state index in [1.807, 2.05) is 0 Å². The topological polar surface area (TPSA) is 20.3 Å². The highest BCUT2D eigenvalue weighted by atomic mass is 19.4. The molecule has 1 aliphatic rings. The van der Waals surface area contributed by atoms with Gasteiger partial charge in [0.25, 0.3) is 0 Å². The Morgan fingerprint density at radius 3 is 2.42 bits per heavy atom. The van der Waals surface area contributed by atoms with Crippen LogP contribution in [-0.4, -0.2) is 23.5 Å². The highest BCUT2D eigenvalue weighted by Crippen LogP contribution is 2.29. The Labute approximate surface area is 109 Å². The molecule has 0 radical (unpaired) electrons. The van der Waals surface area contributed by atoms with E-state index >= 15 is 0 Å². The molecule has 1 heterocycles. The van der Waals surface area contributed by atoms with E-state index in [1.54, 1.807) is 36.4 Å². The second kappa shape index (κ2) is 5.47. The van der Waals surface area contributed by atoms with E-state index in [4.69, 9.17) is 0 Å². The van der Waals surface area contributed by atoms with E-state index < -0.39 is 12.1 Å². The second-order valence-corrected chi connectivity index (χ2v) is 4.41. The standard InChI is InChI=1S/C14H14F3NO/c15-14(16,17)13(19)18-10-6-2-5-9-12(18)11-7-3-1-4-8-11/h1,3-4,7-9H,2,5-6,10H2. The van der Waals surface area contributed by atoms with Crippen LogP contribution in [0.5, 0.6) is 0 Å². The molecule has 0 spiro atoms. The molecule has 0 aromatic heterocycles. The molecule has 1 aromatic rings. The van der Waals surface area contributed by atoms with E-state index in [-0.39, 0.29) is 6.54 Å². The maximum Gasteiger partial charge on any atom is 0.471 e. The number of hydrogen-bond acceptors (Lipinski definition) is 1. The number of benzene rings is 1. The van der Waals surface area contributed by atoms with Crippen LogP contribution in [0, 0.1) is 0 Å². The van der Waals surface area contributed by atoms with Gasteiger partial charge < -0.3 is 4.90 Å². The van der Waals surface area contributed by atoms with Gasteiger partial charge in [-0.05, 0) is 24.8 Å². The summed E-state index contributed by atoms with van der Waals surface area (Å²) < 4.78 is 37.9. The minimum atomic E-state index is -4.84. The van der Waals surface area contributed by atoms with Crippen molar-refractivity contribution in [2.75, 3.05) is 6.54 Å². The van der Waals surface area contributed by atoms with Gasteiger partial charge in [-0.2, -0.15) is 13.2 Å². The Bertz CT molecular complexity index is 479. The first-order valence-corrected chi connectivity index (χ1v) is 6.14. The molecule has 1 aliphatic heterocycles. The van der Waals surface area contributed by atoms with E-state index in [9.17, 15) is 18.0 Å². The molecule has 2 rings (SSSR count). The van der Waals surface area contributed by atoms with E-state index in [2.05, 4.69) is 0 Å². The summed E-state index contributed by atoms with van der Waals surface area (Å²) in [7, 11) is 0. The average Bonchev–Trinajstić information content (AvgIpc) is 2.63. The molecule has 2 nitrogen and oxygen atoms in total. The average molecular weight is 269 g/mol. The number of carbonyl (C=O) groups excluding carboxylic acids is 1. The van der Waals surface area contributed by atoms with Crippen molar-refractivity contribution in [3.63, 3.8) is 0 Å². The van der Waals surface area contributed by atoms with Crippen molar-refractivity contribution in [2.45, 2.75) is 25.4 Å². The summed E-state index contributed by atoms with van der Waals surface area (Å²) in [5.74, 6) is -1.79. The predicted octanol–water partition coefficient (Wildman–Crippen LogP) is 3.60. The molecule has 0 atom stereocenters. The Hall–Kier alpha value is -1.78. The summed E-state index contributed by atoms with van der Waals surface area (Å²) in [4.78, 5) is 12.4. The van der Waals surface area contributed by atoms with Gasteiger partial charge >= 0.3 is 12.1 Å². The van der Waals surface area contributed by atoms with Gasteiger partial charge in [0, 0.05) is 12.2 Å². The zero-order valence-electron chi connectivity index (χ0n) is 10.3. The molecule has 0 saturated carbocycles. The second-order valence-electron chi connectivity index (χ2n) is 4.41. The molecule has 1 amide bonds. The number of allylic oxidation sites excluding steroid dienone is 1. The first-order valence-electron chi connectivity index (χ1n) is 6.14. The minimum absolute atomic E-state index is 0.110. The van der Waals surface area contributed by atoms with Crippen LogP contribution in [0.4, 0.5) is 13.2 Å². The number of hydrogen-bond donors (Lipinski definition) is 0.